The first kappa shape index (κ1) is 13.0. The van der Waals surface area contributed by atoms with Gasteiger partial charge in [0.2, 0.25) is 0 Å². The van der Waals surface area contributed by atoms with E-state index >= 15 is 0 Å². The first-order chi connectivity index (χ1) is 7.32. The van der Waals surface area contributed by atoms with E-state index in [4.69, 9.17) is 5.11 Å². The van der Waals surface area contributed by atoms with Crippen LogP contribution in [0.2, 0.25) is 0 Å². The van der Waals surface area contributed by atoms with Crippen LogP contribution in [-0.2, 0) is 6.54 Å². The van der Waals surface area contributed by atoms with Crippen LogP contribution in [0.3, 0.4) is 0 Å². The van der Waals surface area contributed by atoms with Gasteiger partial charge in [-0.05, 0) is 12.0 Å². The number of halogens is 3. The van der Waals surface area contributed by atoms with Crippen molar-refractivity contribution < 1.29 is 18.3 Å². The van der Waals surface area contributed by atoms with Crippen LogP contribution in [0.1, 0.15) is 31.9 Å². The van der Waals surface area contributed by atoms with E-state index in [-0.39, 0.29) is 18.9 Å². The summed E-state index contributed by atoms with van der Waals surface area (Å²) in [6, 6.07) is 1.77. The van der Waals surface area contributed by atoms with E-state index in [1.165, 1.54) is 4.68 Å². The molecule has 92 valence electrons. The minimum Gasteiger partial charge on any atom is -0.384 e. The predicted octanol–water partition coefficient (Wildman–Crippen LogP) is 2.32. The minimum atomic E-state index is -4.55. The van der Waals surface area contributed by atoms with E-state index in [0.717, 1.165) is 5.69 Å². The molecular formula is C10H15F3N2O. The standard InChI is InChI=1S/C10H15F3N2O/c1-7(2)8-3-5-14-15(8)6-4-9(16)10(11,12)13/h3,5,7,9,16H,4,6H2,1-2H3. The lowest BCUT2D eigenvalue weighted by Crippen LogP contribution is -2.30. The van der Waals surface area contributed by atoms with Crippen molar-refractivity contribution in [1.82, 2.24) is 9.78 Å². The summed E-state index contributed by atoms with van der Waals surface area (Å²) in [6.07, 6.45) is -5.65. The Morgan fingerprint density at radius 3 is 2.56 bits per heavy atom. The number of nitrogens with zero attached hydrogens (tertiary/aromatic N) is 2. The van der Waals surface area contributed by atoms with Gasteiger partial charge in [-0.25, -0.2) is 0 Å². The largest absolute Gasteiger partial charge is 0.414 e. The predicted molar refractivity (Wildman–Crippen MR) is 53.0 cm³/mol. The van der Waals surface area contributed by atoms with Crippen LogP contribution in [0.15, 0.2) is 12.3 Å². The lowest BCUT2D eigenvalue weighted by Gasteiger charge is -2.15. The van der Waals surface area contributed by atoms with Crippen molar-refractivity contribution >= 4 is 0 Å². The van der Waals surface area contributed by atoms with Crippen LogP contribution in [-0.4, -0.2) is 27.2 Å². The molecule has 0 fully saturated rings. The SMILES string of the molecule is CC(C)c1ccnn1CCC(O)C(F)(F)F. The van der Waals surface area contributed by atoms with Gasteiger partial charge in [0.25, 0.3) is 0 Å². The number of rotatable bonds is 4. The molecule has 0 aliphatic rings. The smallest absolute Gasteiger partial charge is 0.384 e. The fourth-order valence-electron chi connectivity index (χ4n) is 1.43. The molecule has 1 N–H and O–H groups in total. The van der Waals surface area contributed by atoms with Crippen LogP contribution >= 0.6 is 0 Å². The van der Waals surface area contributed by atoms with Gasteiger partial charge in [-0.2, -0.15) is 18.3 Å². The number of aliphatic hydroxyl groups is 1. The first-order valence-electron chi connectivity index (χ1n) is 5.09. The maximum Gasteiger partial charge on any atom is 0.414 e. The molecule has 0 aliphatic heterocycles. The van der Waals surface area contributed by atoms with Crippen molar-refractivity contribution in [3.8, 4) is 0 Å². The molecule has 16 heavy (non-hydrogen) atoms. The second-order valence-electron chi connectivity index (χ2n) is 3.98. The maximum atomic E-state index is 12.1. The lowest BCUT2D eigenvalue weighted by atomic mass is 10.1. The molecule has 1 unspecified atom stereocenters. The van der Waals surface area contributed by atoms with Crippen molar-refractivity contribution in [3.05, 3.63) is 18.0 Å². The monoisotopic (exact) mass is 236 g/mol. The highest BCUT2D eigenvalue weighted by molar-refractivity contribution is 5.05. The summed E-state index contributed by atoms with van der Waals surface area (Å²) in [4.78, 5) is 0. The first-order valence-corrected chi connectivity index (χ1v) is 5.09. The molecule has 0 aromatic carbocycles. The van der Waals surface area contributed by atoms with Crippen LogP contribution < -0.4 is 0 Å². The fourth-order valence-corrected chi connectivity index (χ4v) is 1.43. The Kier molecular flexibility index (Phi) is 3.96. The average Bonchev–Trinajstić information content (AvgIpc) is 2.60. The molecule has 0 spiro atoms. The second-order valence-corrected chi connectivity index (χ2v) is 3.98. The molecule has 1 aromatic heterocycles. The van der Waals surface area contributed by atoms with Crippen molar-refractivity contribution in [3.63, 3.8) is 0 Å². The number of alkyl halides is 3. The summed E-state index contributed by atoms with van der Waals surface area (Å²) in [7, 11) is 0. The van der Waals surface area contributed by atoms with Crippen LogP contribution in [0.25, 0.3) is 0 Å². The normalized spacial score (nSPS) is 14.4. The third-order valence-corrected chi connectivity index (χ3v) is 2.33. The molecular weight excluding hydrogens is 221 g/mol. The van der Waals surface area contributed by atoms with Gasteiger partial charge in [0, 0.05) is 24.9 Å². The Morgan fingerprint density at radius 2 is 2.06 bits per heavy atom. The van der Waals surface area contributed by atoms with Gasteiger partial charge < -0.3 is 5.11 Å². The molecule has 0 saturated carbocycles. The van der Waals surface area contributed by atoms with E-state index in [9.17, 15) is 13.2 Å². The zero-order chi connectivity index (χ0) is 12.3. The highest BCUT2D eigenvalue weighted by Crippen LogP contribution is 2.23. The van der Waals surface area contributed by atoms with Gasteiger partial charge >= 0.3 is 6.18 Å². The summed E-state index contributed by atoms with van der Waals surface area (Å²) in [5, 5.41) is 12.8. The molecule has 0 amide bonds. The van der Waals surface area contributed by atoms with Gasteiger partial charge in [-0.15, -0.1) is 0 Å². The van der Waals surface area contributed by atoms with Gasteiger partial charge in [-0.3, -0.25) is 4.68 Å². The Labute approximate surface area is 91.9 Å². The summed E-state index contributed by atoms with van der Waals surface area (Å²) in [5.74, 6) is 0.200. The molecule has 1 atom stereocenters. The van der Waals surface area contributed by atoms with E-state index < -0.39 is 12.3 Å². The summed E-state index contributed by atoms with van der Waals surface area (Å²) >= 11 is 0. The number of aromatic nitrogens is 2. The number of aliphatic hydroxyl groups excluding tert-OH is 1. The fraction of sp³-hybridized carbons (Fsp3) is 0.700. The molecule has 1 heterocycles. The molecule has 0 radical (unpaired) electrons. The van der Waals surface area contributed by atoms with Crippen LogP contribution in [0, 0.1) is 0 Å². The Bertz CT molecular complexity index is 333. The third-order valence-electron chi connectivity index (χ3n) is 2.33. The summed E-state index contributed by atoms with van der Waals surface area (Å²) < 4.78 is 37.7. The van der Waals surface area contributed by atoms with Gasteiger partial charge in [-0.1, -0.05) is 13.8 Å². The number of hydrogen-bond acceptors (Lipinski definition) is 2. The van der Waals surface area contributed by atoms with Crippen molar-refractivity contribution in [2.45, 2.75) is 45.0 Å². The van der Waals surface area contributed by atoms with E-state index in [2.05, 4.69) is 5.10 Å². The Morgan fingerprint density at radius 1 is 1.44 bits per heavy atom. The molecule has 0 bridgehead atoms. The molecule has 0 aliphatic carbocycles. The van der Waals surface area contributed by atoms with E-state index in [0.29, 0.717) is 0 Å². The molecule has 1 aromatic rings. The molecule has 6 heteroatoms. The highest BCUT2D eigenvalue weighted by Gasteiger charge is 2.37. The summed E-state index contributed by atoms with van der Waals surface area (Å²) in [6.45, 7) is 3.95. The van der Waals surface area contributed by atoms with Crippen molar-refractivity contribution in [2.75, 3.05) is 0 Å². The quantitative estimate of drug-likeness (QED) is 0.871. The van der Waals surface area contributed by atoms with Crippen LogP contribution in [0.4, 0.5) is 13.2 Å². The minimum absolute atomic E-state index is 0.0706. The molecule has 1 rings (SSSR count). The highest BCUT2D eigenvalue weighted by atomic mass is 19.4. The Hall–Kier alpha value is -1.04. The van der Waals surface area contributed by atoms with Crippen molar-refractivity contribution in [1.29, 1.82) is 0 Å². The van der Waals surface area contributed by atoms with E-state index in [1.54, 1.807) is 12.3 Å². The molecule has 0 saturated heterocycles. The third kappa shape index (κ3) is 3.23. The number of aryl methyl sites for hydroxylation is 1. The zero-order valence-electron chi connectivity index (χ0n) is 9.20. The topological polar surface area (TPSA) is 38.0 Å². The number of hydrogen-bond donors (Lipinski definition) is 1. The average molecular weight is 236 g/mol. The zero-order valence-corrected chi connectivity index (χ0v) is 9.20. The second kappa shape index (κ2) is 4.86. The van der Waals surface area contributed by atoms with Gasteiger partial charge in [0.05, 0.1) is 0 Å². The maximum absolute atomic E-state index is 12.1. The van der Waals surface area contributed by atoms with E-state index in [1.807, 2.05) is 13.8 Å². The van der Waals surface area contributed by atoms with Crippen LogP contribution in [0.5, 0.6) is 0 Å². The van der Waals surface area contributed by atoms with Gasteiger partial charge in [0.15, 0.2) is 6.10 Å². The summed E-state index contributed by atoms with van der Waals surface area (Å²) in [5.41, 5.74) is 0.870. The lowest BCUT2D eigenvalue weighted by molar-refractivity contribution is -0.206. The van der Waals surface area contributed by atoms with Crippen molar-refractivity contribution in [2.24, 2.45) is 0 Å². The van der Waals surface area contributed by atoms with Gasteiger partial charge in [0.1, 0.15) is 0 Å². The molecule has 3 nitrogen and oxygen atoms in total. The Balaban J connectivity index is 2.58.